The summed E-state index contributed by atoms with van der Waals surface area (Å²) in [5.41, 5.74) is 2.73. The standard InChI is InChI=1S/C26H28N2O5S/c1-31-20-8-6-18(7-9-20)15-28-23-11-10-21(32-2)13-19(23)16-27(17-22-5-4-12-34-22)24(26(28)30)14-25(29)33-3/h4-13,24H,14-17H2,1-3H3. The highest BCUT2D eigenvalue weighted by molar-refractivity contribution is 7.09. The Labute approximate surface area is 203 Å². The van der Waals surface area contributed by atoms with Crippen LogP contribution in [-0.4, -0.2) is 44.1 Å². The summed E-state index contributed by atoms with van der Waals surface area (Å²) >= 11 is 1.63. The molecule has 3 aromatic rings. The Balaban J connectivity index is 1.76. The zero-order valence-corrected chi connectivity index (χ0v) is 20.3. The molecule has 0 spiro atoms. The minimum atomic E-state index is -0.661. The Bertz CT molecular complexity index is 1130. The Morgan fingerprint density at radius 1 is 1.00 bits per heavy atom. The number of thiophene rings is 1. The van der Waals surface area contributed by atoms with Gasteiger partial charge in [-0.25, -0.2) is 0 Å². The zero-order chi connectivity index (χ0) is 24.1. The molecule has 0 N–H and O–H groups in total. The number of esters is 1. The largest absolute Gasteiger partial charge is 0.497 e. The predicted octanol–water partition coefficient (Wildman–Crippen LogP) is 4.25. The second kappa shape index (κ2) is 10.7. The molecule has 0 fully saturated rings. The number of nitrogens with zero attached hydrogens (tertiary/aromatic N) is 2. The van der Waals surface area contributed by atoms with Gasteiger partial charge in [-0.15, -0.1) is 11.3 Å². The summed E-state index contributed by atoms with van der Waals surface area (Å²) in [7, 11) is 4.60. The quantitative estimate of drug-likeness (QED) is 0.449. The van der Waals surface area contributed by atoms with Gasteiger partial charge in [0, 0.05) is 23.7 Å². The third-order valence-corrected chi connectivity index (χ3v) is 6.83. The highest BCUT2D eigenvalue weighted by atomic mass is 32.1. The molecule has 7 nitrogen and oxygen atoms in total. The van der Waals surface area contributed by atoms with Gasteiger partial charge in [-0.1, -0.05) is 18.2 Å². The highest BCUT2D eigenvalue weighted by Gasteiger charge is 2.37. The molecule has 1 amide bonds. The van der Waals surface area contributed by atoms with E-state index in [2.05, 4.69) is 4.90 Å². The average Bonchev–Trinajstić information content (AvgIpc) is 3.35. The summed E-state index contributed by atoms with van der Waals surface area (Å²) in [6.45, 7) is 1.42. The van der Waals surface area contributed by atoms with Crippen LogP contribution in [0.4, 0.5) is 5.69 Å². The molecule has 4 rings (SSSR count). The van der Waals surface area contributed by atoms with Crippen molar-refractivity contribution in [2.75, 3.05) is 26.2 Å². The number of amides is 1. The lowest BCUT2D eigenvalue weighted by Crippen LogP contribution is -2.47. The molecule has 1 unspecified atom stereocenters. The number of hydrogen-bond donors (Lipinski definition) is 0. The van der Waals surface area contributed by atoms with Crippen LogP contribution in [0.2, 0.25) is 0 Å². The summed E-state index contributed by atoms with van der Waals surface area (Å²) < 4.78 is 15.7. The van der Waals surface area contributed by atoms with Gasteiger partial charge in [0.15, 0.2) is 0 Å². The van der Waals surface area contributed by atoms with Crippen molar-refractivity contribution in [1.29, 1.82) is 0 Å². The van der Waals surface area contributed by atoms with Crippen LogP contribution in [-0.2, 0) is 34.0 Å². The Kier molecular flexibility index (Phi) is 7.49. The number of hydrogen-bond acceptors (Lipinski definition) is 7. The van der Waals surface area contributed by atoms with Crippen LogP contribution in [0, 0.1) is 0 Å². The van der Waals surface area contributed by atoms with E-state index in [1.54, 1.807) is 30.5 Å². The molecule has 2 heterocycles. The number of carbonyl (C=O) groups is 2. The van der Waals surface area contributed by atoms with E-state index in [0.29, 0.717) is 19.6 Å². The van der Waals surface area contributed by atoms with Crippen molar-refractivity contribution in [2.24, 2.45) is 0 Å². The maximum absolute atomic E-state index is 14.0. The molecule has 8 heteroatoms. The fourth-order valence-corrected chi connectivity index (χ4v) is 4.90. The summed E-state index contributed by atoms with van der Waals surface area (Å²) in [5, 5.41) is 2.01. The van der Waals surface area contributed by atoms with E-state index in [1.165, 1.54) is 7.11 Å². The number of methoxy groups -OCH3 is 3. The third-order valence-electron chi connectivity index (χ3n) is 5.97. The average molecular weight is 481 g/mol. The molecular formula is C26H28N2O5S. The van der Waals surface area contributed by atoms with Gasteiger partial charge in [0.1, 0.15) is 17.5 Å². The van der Waals surface area contributed by atoms with E-state index in [1.807, 2.05) is 60.0 Å². The molecule has 0 radical (unpaired) electrons. The molecule has 2 aromatic carbocycles. The van der Waals surface area contributed by atoms with E-state index in [9.17, 15) is 9.59 Å². The molecular weight excluding hydrogens is 452 g/mol. The number of benzene rings is 2. The maximum Gasteiger partial charge on any atom is 0.307 e. The van der Waals surface area contributed by atoms with Crippen LogP contribution in [0.3, 0.4) is 0 Å². The third kappa shape index (κ3) is 5.24. The van der Waals surface area contributed by atoms with Gasteiger partial charge in [-0.3, -0.25) is 14.5 Å². The van der Waals surface area contributed by atoms with Crippen molar-refractivity contribution in [3.05, 3.63) is 76.0 Å². The van der Waals surface area contributed by atoms with E-state index in [4.69, 9.17) is 14.2 Å². The summed E-state index contributed by atoms with van der Waals surface area (Å²) in [5.74, 6) is 0.920. The molecule has 0 saturated carbocycles. The lowest BCUT2D eigenvalue weighted by molar-refractivity contribution is -0.144. The molecule has 1 aliphatic rings. The van der Waals surface area contributed by atoms with Crippen molar-refractivity contribution in [1.82, 2.24) is 4.90 Å². The molecule has 0 aliphatic carbocycles. The Hall–Kier alpha value is -3.36. The Morgan fingerprint density at radius 3 is 2.38 bits per heavy atom. The molecule has 178 valence electrons. The summed E-state index contributed by atoms with van der Waals surface area (Å²) in [4.78, 5) is 31.3. The monoisotopic (exact) mass is 480 g/mol. The molecule has 34 heavy (non-hydrogen) atoms. The van der Waals surface area contributed by atoms with E-state index < -0.39 is 12.0 Å². The topological polar surface area (TPSA) is 68.3 Å². The van der Waals surface area contributed by atoms with Gasteiger partial charge < -0.3 is 19.1 Å². The summed E-state index contributed by atoms with van der Waals surface area (Å²) in [6.07, 6.45) is -0.0229. The molecule has 0 saturated heterocycles. The molecule has 1 atom stereocenters. The highest BCUT2D eigenvalue weighted by Crippen LogP contribution is 2.34. The number of anilines is 1. The van der Waals surface area contributed by atoms with Crippen molar-refractivity contribution < 1.29 is 23.8 Å². The number of carbonyl (C=O) groups excluding carboxylic acids is 2. The van der Waals surface area contributed by atoms with Crippen LogP contribution < -0.4 is 14.4 Å². The van der Waals surface area contributed by atoms with E-state index >= 15 is 0 Å². The fraction of sp³-hybridized carbons (Fsp3) is 0.308. The van der Waals surface area contributed by atoms with Crippen molar-refractivity contribution in [2.45, 2.75) is 32.1 Å². The maximum atomic E-state index is 14.0. The predicted molar refractivity (Wildman–Crippen MR) is 131 cm³/mol. The van der Waals surface area contributed by atoms with Crippen LogP contribution in [0.5, 0.6) is 11.5 Å². The van der Waals surface area contributed by atoms with Crippen LogP contribution >= 0.6 is 11.3 Å². The van der Waals surface area contributed by atoms with Crippen molar-refractivity contribution in [3.63, 3.8) is 0 Å². The molecule has 1 aromatic heterocycles. The van der Waals surface area contributed by atoms with E-state index in [-0.39, 0.29) is 12.3 Å². The lowest BCUT2D eigenvalue weighted by Gasteiger charge is -2.30. The van der Waals surface area contributed by atoms with Gasteiger partial charge in [0.2, 0.25) is 5.91 Å². The fourth-order valence-electron chi connectivity index (χ4n) is 4.17. The minimum Gasteiger partial charge on any atom is -0.497 e. The molecule has 1 aliphatic heterocycles. The van der Waals surface area contributed by atoms with Gasteiger partial charge in [-0.05, 0) is 52.9 Å². The second-order valence-electron chi connectivity index (χ2n) is 8.05. The molecule has 0 bridgehead atoms. The van der Waals surface area contributed by atoms with Gasteiger partial charge in [-0.2, -0.15) is 0 Å². The Morgan fingerprint density at radius 2 is 1.74 bits per heavy atom. The van der Waals surface area contributed by atoms with Crippen molar-refractivity contribution in [3.8, 4) is 11.5 Å². The second-order valence-corrected chi connectivity index (χ2v) is 9.08. The lowest BCUT2D eigenvalue weighted by atomic mass is 10.1. The first-order valence-electron chi connectivity index (χ1n) is 11.0. The van der Waals surface area contributed by atoms with E-state index in [0.717, 1.165) is 33.2 Å². The number of ether oxygens (including phenoxy) is 3. The summed E-state index contributed by atoms with van der Waals surface area (Å²) in [6, 6.07) is 16.7. The van der Waals surface area contributed by atoms with Gasteiger partial charge in [0.05, 0.1) is 34.3 Å². The smallest absolute Gasteiger partial charge is 0.307 e. The van der Waals surface area contributed by atoms with Crippen LogP contribution in [0.1, 0.15) is 22.4 Å². The minimum absolute atomic E-state index is 0.0229. The number of fused-ring (bicyclic) bond motifs is 1. The van der Waals surface area contributed by atoms with Crippen molar-refractivity contribution >= 4 is 28.9 Å². The first-order valence-corrected chi connectivity index (χ1v) is 11.8. The zero-order valence-electron chi connectivity index (χ0n) is 19.5. The normalized spacial score (nSPS) is 16.0. The van der Waals surface area contributed by atoms with Gasteiger partial charge >= 0.3 is 5.97 Å². The van der Waals surface area contributed by atoms with Crippen LogP contribution in [0.15, 0.2) is 60.0 Å². The van der Waals surface area contributed by atoms with Crippen LogP contribution in [0.25, 0.3) is 0 Å². The van der Waals surface area contributed by atoms with Gasteiger partial charge in [0.25, 0.3) is 0 Å². The SMILES string of the molecule is COC(=O)CC1C(=O)N(Cc2ccc(OC)cc2)c2ccc(OC)cc2CN1Cc1cccs1. The number of rotatable bonds is 8. The first kappa shape index (κ1) is 23.8. The first-order chi connectivity index (χ1) is 16.5.